The fourth-order valence-electron chi connectivity index (χ4n) is 2.02. The van der Waals surface area contributed by atoms with Crippen molar-refractivity contribution in [1.29, 1.82) is 0 Å². The van der Waals surface area contributed by atoms with Crippen LogP contribution in [-0.2, 0) is 4.79 Å². The van der Waals surface area contributed by atoms with Crippen molar-refractivity contribution in [3.63, 3.8) is 0 Å². The van der Waals surface area contributed by atoms with E-state index in [1.807, 2.05) is 48.5 Å². The summed E-state index contributed by atoms with van der Waals surface area (Å²) in [5.74, 6) is -0.727. The van der Waals surface area contributed by atoms with Crippen LogP contribution >= 0.6 is 0 Å². The maximum atomic E-state index is 10.7. The second-order valence-electron chi connectivity index (χ2n) is 4.15. The summed E-state index contributed by atoms with van der Waals surface area (Å²) in [6.45, 7) is 0. The van der Waals surface area contributed by atoms with E-state index in [0.29, 0.717) is 6.42 Å². The first-order chi connectivity index (χ1) is 8.77. The van der Waals surface area contributed by atoms with E-state index in [4.69, 9.17) is 5.11 Å². The van der Waals surface area contributed by atoms with Crippen LogP contribution in [0.4, 0.5) is 0 Å². The van der Waals surface area contributed by atoms with Gasteiger partial charge in [0.25, 0.3) is 0 Å². The van der Waals surface area contributed by atoms with Gasteiger partial charge in [-0.15, -0.1) is 0 Å². The molecule has 0 saturated carbocycles. The van der Waals surface area contributed by atoms with Gasteiger partial charge in [-0.3, -0.25) is 9.78 Å². The highest BCUT2D eigenvalue weighted by Gasteiger charge is 2.16. The minimum atomic E-state index is -0.771. The van der Waals surface area contributed by atoms with Crippen LogP contribution in [0.2, 0.25) is 0 Å². The van der Waals surface area contributed by atoms with Crippen LogP contribution in [0.25, 0.3) is 0 Å². The molecule has 0 aliphatic rings. The number of pyridine rings is 1. The number of benzene rings is 1. The molecule has 1 atom stereocenters. The van der Waals surface area contributed by atoms with E-state index < -0.39 is 5.97 Å². The van der Waals surface area contributed by atoms with E-state index >= 15 is 0 Å². The van der Waals surface area contributed by atoms with E-state index in [2.05, 4.69) is 4.98 Å². The number of hydrogen-bond donors (Lipinski definition) is 1. The Morgan fingerprint density at radius 3 is 2.44 bits per heavy atom. The molecule has 3 nitrogen and oxygen atoms in total. The highest BCUT2D eigenvalue weighted by molar-refractivity contribution is 5.66. The van der Waals surface area contributed by atoms with Gasteiger partial charge >= 0.3 is 5.97 Å². The average molecular weight is 241 g/mol. The van der Waals surface area contributed by atoms with Crippen molar-refractivity contribution < 1.29 is 9.90 Å². The summed E-state index contributed by atoms with van der Waals surface area (Å²) < 4.78 is 0. The van der Waals surface area contributed by atoms with Crippen LogP contribution in [0.1, 0.15) is 30.0 Å². The van der Waals surface area contributed by atoms with Gasteiger partial charge in [-0.1, -0.05) is 36.4 Å². The molecule has 0 fully saturated rings. The van der Waals surface area contributed by atoms with Crippen LogP contribution in [0.5, 0.6) is 0 Å². The number of carboxylic acid groups (broad SMARTS) is 1. The van der Waals surface area contributed by atoms with Gasteiger partial charge < -0.3 is 5.11 Å². The molecule has 0 amide bonds. The highest BCUT2D eigenvalue weighted by Crippen LogP contribution is 2.27. The topological polar surface area (TPSA) is 50.2 Å². The molecule has 2 aromatic rings. The quantitative estimate of drug-likeness (QED) is 0.875. The highest BCUT2D eigenvalue weighted by atomic mass is 16.4. The van der Waals surface area contributed by atoms with Crippen LogP contribution in [0.3, 0.4) is 0 Å². The van der Waals surface area contributed by atoms with Crippen LogP contribution in [0, 0.1) is 0 Å². The molecule has 0 spiro atoms. The number of hydrogen-bond acceptors (Lipinski definition) is 2. The minimum absolute atomic E-state index is 0.0449. The van der Waals surface area contributed by atoms with Crippen LogP contribution in [0.15, 0.2) is 54.7 Å². The summed E-state index contributed by atoms with van der Waals surface area (Å²) in [6.07, 6.45) is 2.46. The maximum absolute atomic E-state index is 10.7. The molecule has 0 saturated heterocycles. The van der Waals surface area contributed by atoms with E-state index in [1.165, 1.54) is 0 Å². The standard InChI is InChI=1S/C15H15NO2/c17-15(18)10-9-13(12-6-2-1-3-7-12)14-8-4-5-11-16-14/h1-8,11,13H,9-10H2,(H,17,18). The van der Waals surface area contributed by atoms with Gasteiger partial charge in [-0.25, -0.2) is 0 Å². The van der Waals surface area contributed by atoms with Crippen molar-refractivity contribution in [3.8, 4) is 0 Å². The molecule has 0 aliphatic carbocycles. The molecule has 1 aromatic heterocycles. The maximum Gasteiger partial charge on any atom is 0.303 e. The van der Waals surface area contributed by atoms with Crippen molar-refractivity contribution >= 4 is 5.97 Å². The Kier molecular flexibility index (Phi) is 4.07. The van der Waals surface area contributed by atoms with Gasteiger partial charge in [0.15, 0.2) is 0 Å². The Morgan fingerprint density at radius 2 is 1.83 bits per heavy atom. The molecule has 0 bridgehead atoms. The zero-order valence-corrected chi connectivity index (χ0v) is 9.99. The van der Waals surface area contributed by atoms with E-state index in [1.54, 1.807) is 6.20 Å². The zero-order valence-electron chi connectivity index (χ0n) is 9.99. The van der Waals surface area contributed by atoms with Crippen LogP contribution < -0.4 is 0 Å². The molecule has 0 radical (unpaired) electrons. The first kappa shape index (κ1) is 12.3. The number of carbonyl (C=O) groups is 1. The summed E-state index contributed by atoms with van der Waals surface area (Å²) in [5, 5.41) is 8.84. The Labute approximate surface area is 106 Å². The minimum Gasteiger partial charge on any atom is -0.481 e. The largest absolute Gasteiger partial charge is 0.481 e. The van der Waals surface area contributed by atoms with Crippen molar-refractivity contribution in [2.24, 2.45) is 0 Å². The Balaban J connectivity index is 2.26. The lowest BCUT2D eigenvalue weighted by Gasteiger charge is -2.15. The van der Waals surface area contributed by atoms with Crippen molar-refractivity contribution in [2.45, 2.75) is 18.8 Å². The lowest BCUT2D eigenvalue weighted by atomic mass is 9.91. The smallest absolute Gasteiger partial charge is 0.303 e. The van der Waals surface area contributed by atoms with E-state index in [0.717, 1.165) is 11.3 Å². The van der Waals surface area contributed by atoms with Gasteiger partial charge in [0.2, 0.25) is 0 Å². The van der Waals surface area contributed by atoms with Crippen molar-refractivity contribution in [3.05, 3.63) is 66.0 Å². The average Bonchev–Trinajstić information content (AvgIpc) is 2.41. The molecule has 18 heavy (non-hydrogen) atoms. The predicted octanol–water partition coefficient (Wildman–Crippen LogP) is 3.08. The van der Waals surface area contributed by atoms with E-state index in [-0.39, 0.29) is 12.3 Å². The third kappa shape index (κ3) is 3.17. The van der Waals surface area contributed by atoms with Gasteiger partial charge in [-0.2, -0.15) is 0 Å². The fraction of sp³-hybridized carbons (Fsp3) is 0.200. The molecular weight excluding hydrogens is 226 g/mol. The van der Waals surface area contributed by atoms with Gasteiger partial charge in [-0.05, 0) is 24.1 Å². The predicted molar refractivity (Wildman–Crippen MR) is 69.4 cm³/mol. The summed E-state index contributed by atoms with van der Waals surface area (Å²) in [5.41, 5.74) is 2.03. The van der Waals surface area contributed by atoms with Gasteiger partial charge in [0, 0.05) is 24.2 Å². The number of rotatable bonds is 5. The fourth-order valence-corrected chi connectivity index (χ4v) is 2.02. The molecule has 1 heterocycles. The van der Waals surface area contributed by atoms with Gasteiger partial charge in [0.05, 0.1) is 0 Å². The summed E-state index contributed by atoms with van der Waals surface area (Å²) >= 11 is 0. The lowest BCUT2D eigenvalue weighted by molar-refractivity contribution is -0.137. The molecule has 1 unspecified atom stereocenters. The molecule has 92 valence electrons. The zero-order chi connectivity index (χ0) is 12.8. The van der Waals surface area contributed by atoms with E-state index in [9.17, 15) is 4.79 Å². The third-order valence-corrected chi connectivity index (χ3v) is 2.89. The normalized spacial score (nSPS) is 12.0. The monoisotopic (exact) mass is 241 g/mol. The summed E-state index contributed by atoms with van der Waals surface area (Å²) in [6, 6.07) is 15.7. The number of aliphatic carboxylic acids is 1. The summed E-state index contributed by atoms with van der Waals surface area (Å²) in [7, 11) is 0. The lowest BCUT2D eigenvalue weighted by Crippen LogP contribution is -2.06. The molecule has 2 rings (SSSR count). The Hall–Kier alpha value is -2.16. The second kappa shape index (κ2) is 5.96. The Morgan fingerprint density at radius 1 is 1.11 bits per heavy atom. The molecule has 1 N–H and O–H groups in total. The third-order valence-electron chi connectivity index (χ3n) is 2.89. The first-order valence-corrected chi connectivity index (χ1v) is 5.95. The van der Waals surface area contributed by atoms with Crippen LogP contribution in [-0.4, -0.2) is 16.1 Å². The molecule has 0 aliphatic heterocycles. The molecule has 3 heteroatoms. The van der Waals surface area contributed by atoms with Crippen molar-refractivity contribution in [1.82, 2.24) is 4.98 Å². The molecular formula is C15H15NO2. The summed E-state index contributed by atoms with van der Waals surface area (Å²) in [4.78, 5) is 15.1. The molecule has 1 aromatic carbocycles. The first-order valence-electron chi connectivity index (χ1n) is 5.95. The number of nitrogens with zero attached hydrogens (tertiary/aromatic N) is 1. The second-order valence-corrected chi connectivity index (χ2v) is 4.15. The van der Waals surface area contributed by atoms with Gasteiger partial charge in [0.1, 0.15) is 0 Å². The van der Waals surface area contributed by atoms with Crippen molar-refractivity contribution in [2.75, 3.05) is 0 Å². The number of carboxylic acids is 1. The Bertz CT molecular complexity index is 457. The SMILES string of the molecule is O=C(O)CCC(c1ccccc1)c1ccccn1. The number of aromatic nitrogens is 1.